The molecule has 1 aromatic heterocycles. The smallest absolute Gasteiger partial charge is 0.422 e. The molecule has 0 radical (unpaired) electrons. The van der Waals surface area contributed by atoms with Crippen LogP contribution in [0.15, 0.2) is 54.7 Å². The molecule has 1 heterocycles. The van der Waals surface area contributed by atoms with E-state index in [-0.39, 0.29) is 5.56 Å². The topological polar surface area (TPSA) is 107 Å². The molecule has 0 unspecified atom stereocenters. The number of ketones is 1. The summed E-state index contributed by atoms with van der Waals surface area (Å²) in [4.78, 5) is 42.5. The summed E-state index contributed by atoms with van der Waals surface area (Å²) in [6, 6.07) is 10.7. The van der Waals surface area contributed by atoms with E-state index in [0.717, 1.165) is 12.1 Å². The van der Waals surface area contributed by atoms with Gasteiger partial charge < -0.3 is 14.8 Å². The zero-order chi connectivity index (χ0) is 32.9. The number of pyridine rings is 1. The van der Waals surface area contributed by atoms with Crippen molar-refractivity contribution < 1.29 is 50.2 Å². The average Bonchev–Trinajstić information content (AvgIpc) is 2.91. The zero-order valence-corrected chi connectivity index (χ0v) is 24.1. The highest BCUT2D eigenvalue weighted by atomic mass is 19.4. The standard InChI is InChI=1S/C30H29F6N3O5/c1-5-20-10-9-19(15-37-20)17-7-6-8-18(11-17)24(40)14-26(41)38-22-12-21(30(34,35)36)25(43-16-29(31,32)33)13-23(22)39-27(42)44-28(2,3)4/h6-13,15H,5,14,16H2,1-4H3,(H,38,41)(H,39,42). The van der Waals surface area contributed by atoms with Gasteiger partial charge in [-0.1, -0.05) is 31.2 Å². The number of amides is 2. The molecule has 0 spiro atoms. The lowest BCUT2D eigenvalue weighted by molar-refractivity contribution is -0.158. The summed E-state index contributed by atoms with van der Waals surface area (Å²) in [6.45, 7) is 4.38. The summed E-state index contributed by atoms with van der Waals surface area (Å²) < 4.78 is 89.1. The Kier molecular flexibility index (Phi) is 10.3. The van der Waals surface area contributed by atoms with Gasteiger partial charge in [-0.2, -0.15) is 26.3 Å². The minimum atomic E-state index is -5.22. The van der Waals surface area contributed by atoms with Crippen molar-refractivity contribution in [1.29, 1.82) is 0 Å². The Balaban J connectivity index is 1.90. The van der Waals surface area contributed by atoms with E-state index in [9.17, 15) is 40.7 Å². The first-order valence-corrected chi connectivity index (χ1v) is 13.2. The largest absolute Gasteiger partial charge is 0.483 e. The number of carbonyl (C=O) groups is 3. The van der Waals surface area contributed by atoms with Crippen molar-refractivity contribution >= 4 is 29.2 Å². The number of anilines is 2. The Morgan fingerprint density at radius 1 is 0.864 bits per heavy atom. The molecule has 0 saturated carbocycles. The van der Waals surface area contributed by atoms with Gasteiger partial charge in [0.2, 0.25) is 5.91 Å². The highest BCUT2D eigenvalue weighted by molar-refractivity contribution is 6.12. The van der Waals surface area contributed by atoms with Crippen LogP contribution >= 0.6 is 0 Å². The number of alkyl halides is 6. The number of nitrogens with zero attached hydrogens (tertiary/aromatic N) is 1. The van der Waals surface area contributed by atoms with Gasteiger partial charge in [-0.3, -0.25) is 19.9 Å². The molecule has 0 bridgehead atoms. The number of hydrogen-bond donors (Lipinski definition) is 2. The van der Waals surface area contributed by atoms with Gasteiger partial charge in [-0.25, -0.2) is 4.79 Å². The van der Waals surface area contributed by atoms with Crippen LogP contribution in [0.2, 0.25) is 0 Å². The van der Waals surface area contributed by atoms with Crippen LogP contribution in [0, 0.1) is 0 Å². The molecule has 44 heavy (non-hydrogen) atoms. The number of aryl methyl sites for hydroxylation is 1. The van der Waals surface area contributed by atoms with Gasteiger partial charge in [0.05, 0.1) is 23.4 Å². The molecule has 14 heteroatoms. The number of nitrogens with one attached hydrogen (secondary N) is 2. The van der Waals surface area contributed by atoms with Gasteiger partial charge >= 0.3 is 18.4 Å². The van der Waals surface area contributed by atoms with Crippen LogP contribution in [0.1, 0.15) is 55.7 Å². The molecule has 8 nitrogen and oxygen atoms in total. The van der Waals surface area contributed by atoms with Crippen LogP contribution in [0.4, 0.5) is 42.5 Å². The van der Waals surface area contributed by atoms with Crippen LogP contribution in [0.3, 0.4) is 0 Å². The predicted molar refractivity (Wildman–Crippen MR) is 149 cm³/mol. The van der Waals surface area contributed by atoms with Gasteiger partial charge in [0.25, 0.3) is 0 Å². The monoisotopic (exact) mass is 625 g/mol. The fourth-order valence-corrected chi connectivity index (χ4v) is 3.82. The molecule has 0 aliphatic heterocycles. The first kappa shape index (κ1) is 33.9. The Labute approximate surface area is 248 Å². The molecule has 2 aromatic carbocycles. The van der Waals surface area contributed by atoms with Crippen molar-refractivity contribution in [2.45, 2.75) is 58.5 Å². The normalized spacial score (nSPS) is 12.0. The number of ether oxygens (including phenoxy) is 2. The van der Waals surface area contributed by atoms with Gasteiger partial charge in [0.1, 0.15) is 11.4 Å². The lowest BCUT2D eigenvalue weighted by Crippen LogP contribution is -2.28. The Bertz CT molecular complexity index is 1510. The van der Waals surface area contributed by atoms with E-state index in [1.54, 1.807) is 18.3 Å². The highest BCUT2D eigenvalue weighted by Crippen LogP contribution is 2.42. The summed E-state index contributed by atoms with van der Waals surface area (Å²) in [5.41, 5.74) is -1.57. The van der Waals surface area contributed by atoms with E-state index in [0.29, 0.717) is 23.3 Å². The molecule has 0 aliphatic rings. The molecule has 0 aliphatic carbocycles. The van der Waals surface area contributed by atoms with Gasteiger partial charge in [-0.15, -0.1) is 0 Å². The van der Waals surface area contributed by atoms with Crippen molar-refractivity contribution in [3.63, 3.8) is 0 Å². The summed E-state index contributed by atoms with van der Waals surface area (Å²) in [5.74, 6) is -2.99. The highest BCUT2D eigenvalue weighted by Gasteiger charge is 2.38. The summed E-state index contributed by atoms with van der Waals surface area (Å²) in [5, 5.41) is 4.24. The van der Waals surface area contributed by atoms with E-state index >= 15 is 0 Å². The Hall–Kier alpha value is -4.62. The number of benzene rings is 2. The van der Waals surface area contributed by atoms with E-state index in [2.05, 4.69) is 20.4 Å². The molecule has 0 fully saturated rings. The van der Waals surface area contributed by atoms with Crippen LogP contribution in [-0.4, -0.2) is 41.2 Å². The molecular formula is C30H29F6N3O5. The fraction of sp³-hybridized carbons (Fsp3) is 0.333. The molecule has 0 atom stereocenters. The predicted octanol–water partition coefficient (Wildman–Crippen LogP) is 7.83. The molecule has 0 saturated heterocycles. The van der Waals surface area contributed by atoms with E-state index in [1.165, 1.54) is 32.9 Å². The van der Waals surface area contributed by atoms with Crippen LogP contribution in [0.25, 0.3) is 11.1 Å². The molecular weight excluding hydrogens is 596 g/mol. The second kappa shape index (κ2) is 13.3. The Morgan fingerprint density at radius 2 is 1.55 bits per heavy atom. The number of rotatable bonds is 9. The van der Waals surface area contributed by atoms with Gasteiger partial charge in [0, 0.05) is 29.1 Å². The van der Waals surface area contributed by atoms with E-state index in [4.69, 9.17) is 4.74 Å². The average molecular weight is 626 g/mol. The molecule has 2 N–H and O–H groups in total. The fourth-order valence-electron chi connectivity index (χ4n) is 3.82. The van der Waals surface area contributed by atoms with E-state index < -0.39 is 71.5 Å². The van der Waals surface area contributed by atoms with Crippen LogP contribution < -0.4 is 15.4 Å². The quantitative estimate of drug-likeness (QED) is 0.143. The van der Waals surface area contributed by atoms with Crippen molar-refractivity contribution in [2.24, 2.45) is 0 Å². The zero-order valence-electron chi connectivity index (χ0n) is 24.1. The molecule has 3 aromatic rings. The number of Topliss-reactive ketones (excluding diaryl/α,β-unsaturated/α-hetero) is 1. The number of carbonyl (C=O) groups excluding carboxylic acids is 3. The summed E-state index contributed by atoms with van der Waals surface area (Å²) >= 11 is 0. The van der Waals surface area contributed by atoms with Crippen molar-refractivity contribution in [2.75, 3.05) is 17.2 Å². The van der Waals surface area contributed by atoms with Crippen molar-refractivity contribution in [1.82, 2.24) is 4.98 Å². The third-order valence-corrected chi connectivity index (χ3v) is 5.75. The minimum Gasteiger partial charge on any atom is -0.483 e. The second-order valence-corrected chi connectivity index (χ2v) is 10.5. The minimum absolute atomic E-state index is 0.135. The van der Waals surface area contributed by atoms with Crippen LogP contribution in [0.5, 0.6) is 5.75 Å². The SMILES string of the molecule is CCc1ccc(-c2cccc(C(=O)CC(=O)Nc3cc(C(F)(F)F)c(OCC(F)(F)F)cc3NC(=O)OC(C)(C)C)c2)cn1. The first-order chi connectivity index (χ1) is 20.3. The number of hydrogen-bond acceptors (Lipinski definition) is 6. The third-order valence-electron chi connectivity index (χ3n) is 5.75. The molecule has 236 valence electrons. The van der Waals surface area contributed by atoms with Crippen molar-refractivity contribution in [3.05, 3.63) is 71.5 Å². The van der Waals surface area contributed by atoms with Gasteiger partial charge in [0.15, 0.2) is 12.4 Å². The molecule has 2 amide bonds. The maximum Gasteiger partial charge on any atom is 0.422 e. The van der Waals surface area contributed by atoms with Crippen molar-refractivity contribution in [3.8, 4) is 16.9 Å². The number of halogens is 6. The number of aromatic nitrogens is 1. The van der Waals surface area contributed by atoms with Crippen LogP contribution in [-0.2, 0) is 22.1 Å². The lowest BCUT2D eigenvalue weighted by atomic mass is 10.0. The maximum absolute atomic E-state index is 13.8. The van der Waals surface area contributed by atoms with Gasteiger partial charge in [-0.05, 0) is 51.0 Å². The third kappa shape index (κ3) is 9.99. The lowest BCUT2D eigenvalue weighted by Gasteiger charge is -2.22. The van der Waals surface area contributed by atoms with E-state index in [1.807, 2.05) is 19.1 Å². The summed E-state index contributed by atoms with van der Waals surface area (Å²) in [6.07, 6.45) is -9.81. The molecule has 3 rings (SSSR count). The maximum atomic E-state index is 13.8. The Morgan fingerprint density at radius 3 is 2.11 bits per heavy atom. The first-order valence-electron chi connectivity index (χ1n) is 13.2. The summed E-state index contributed by atoms with van der Waals surface area (Å²) in [7, 11) is 0. The second-order valence-electron chi connectivity index (χ2n) is 10.5.